The summed E-state index contributed by atoms with van der Waals surface area (Å²) < 4.78 is 5.38. The van der Waals surface area contributed by atoms with Crippen LogP contribution in [-0.4, -0.2) is 37.2 Å². The van der Waals surface area contributed by atoms with Crippen LogP contribution in [0.1, 0.15) is 14.7 Å². The molecule has 0 atom stereocenters. The van der Waals surface area contributed by atoms with E-state index in [1.54, 1.807) is 6.20 Å². The van der Waals surface area contributed by atoms with E-state index in [4.69, 9.17) is 16.3 Å². The molecule has 22 heavy (non-hydrogen) atoms. The normalized spacial score (nSPS) is 14.9. The number of carbonyl (C=O) groups is 1. The Labute approximate surface area is 137 Å². The Hall–Kier alpha value is -1.63. The molecule has 1 saturated heterocycles. The Morgan fingerprint density at radius 3 is 2.86 bits per heavy atom. The molecule has 1 aliphatic heterocycles. The van der Waals surface area contributed by atoms with Crippen molar-refractivity contribution in [3.05, 3.63) is 39.3 Å². The summed E-state index contributed by atoms with van der Waals surface area (Å²) in [6.07, 6.45) is 1.59. The SMILES string of the molecule is Cc1ncc(C(=O)Nc2cccc(Cl)c2N2CCOCC2)s1. The Bertz CT molecular complexity index is 683. The highest BCUT2D eigenvalue weighted by Crippen LogP contribution is 2.34. The lowest BCUT2D eigenvalue weighted by atomic mass is 10.2. The highest BCUT2D eigenvalue weighted by atomic mass is 35.5. The van der Waals surface area contributed by atoms with Gasteiger partial charge in [-0.15, -0.1) is 11.3 Å². The predicted molar refractivity (Wildman–Crippen MR) is 89.3 cm³/mol. The average molecular weight is 338 g/mol. The van der Waals surface area contributed by atoms with Gasteiger partial charge in [-0.05, 0) is 19.1 Å². The maximum atomic E-state index is 12.3. The van der Waals surface area contributed by atoms with Crippen LogP contribution in [0.2, 0.25) is 5.02 Å². The number of aromatic nitrogens is 1. The van der Waals surface area contributed by atoms with Gasteiger partial charge in [-0.3, -0.25) is 4.79 Å². The maximum absolute atomic E-state index is 12.3. The molecule has 0 spiro atoms. The van der Waals surface area contributed by atoms with E-state index >= 15 is 0 Å². The monoisotopic (exact) mass is 337 g/mol. The van der Waals surface area contributed by atoms with E-state index in [1.165, 1.54) is 11.3 Å². The molecule has 7 heteroatoms. The van der Waals surface area contributed by atoms with Gasteiger partial charge in [-0.1, -0.05) is 17.7 Å². The van der Waals surface area contributed by atoms with Gasteiger partial charge >= 0.3 is 0 Å². The molecule has 1 fully saturated rings. The van der Waals surface area contributed by atoms with Gasteiger partial charge < -0.3 is 15.0 Å². The summed E-state index contributed by atoms with van der Waals surface area (Å²) in [6.45, 7) is 4.71. The third-order valence-corrected chi connectivity index (χ3v) is 4.62. The molecule has 1 N–H and O–H groups in total. The van der Waals surface area contributed by atoms with Crippen LogP contribution in [0.5, 0.6) is 0 Å². The van der Waals surface area contributed by atoms with E-state index in [-0.39, 0.29) is 5.91 Å². The Balaban J connectivity index is 1.86. The molecule has 2 heterocycles. The summed E-state index contributed by atoms with van der Waals surface area (Å²) in [5.41, 5.74) is 1.56. The van der Waals surface area contributed by atoms with E-state index < -0.39 is 0 Å². The minimum absolute atomic E-state index is 0.164. The number of amides is 1. The van der Waals surface area contributed by atoms with Crippen LogP contribution in [0.4, 0.5) is 11.4 Å². The second-order valence-electron chi connectivity index (χ2n) is 4.93. The molecule has 1 aliphatic rings. The molecule has 0 bridgehead atoms. The Kier molecular flexibility index (Phi) is 4.61. The molecule has 0 aliphatic carbocycles. The van der Waals surface area contributed by atoms with Gasteiger partial charge in [-0.2, -0.15) is 0 Å². The van der Waals surface area contributed by atoms with Crippen LogP contribution in [0.3, 0.4) is 0 Å². The van der Waals surface area contributed by atoms with Crippen molar-refractivity contribution < 1.29 is 9.53 Å². The average Bonchev–Trinajstić information content (AvgIpc) is 2.95. The van der Waals surface area contributed by atoms with E-state index in [9.17, 15) is 4.79 Å². The fourth-order valence-corrected chi connectivity index (χ4v) is 3.34. The molecular weight excluding hydrogens is 322 g/mol. The fourth-order valence-electron chi connectivity index (χ4n) is 2.37. The molecule has 0 radical (unpaired) electrons. The number of rotatable bonds is 3. The molecule has 0 saturated carbocycles. The number of hydrogen-bond acceptors (Lipinski definition) is 5. The van der Waals surface area contributed by atoms with Crippen LogP contribution < -0.4 is 10.2 Å². The number of nitrogens with zero attached hydrogens (tertiary/aromatic N) is 2. The number of morpholine rings is 1. The van der Waals surface area contributed by atoms with Crippen molar-refractivity contribution in [3.63, 3.8) is 0 Å². The van der Waals surface area contributed by atoms with Crippen molar-refractivity contribution in [2.24, 2.45) is 0 Å². The zero-order valence-corrected chi connectivity index (χ0v) is 13.7. The number of carbonyl (C=O) groups excluding carboxylic acids is 1. The van der Waals surface area contributed by atoms with Crippen molar-refractivity contribution in [2.45, 2.75) is 6.92 Å². The van der Waals surface area contributed by atoms with Crippen LogP contribution >= 0.6 is 22.9 Å². The number of para-hydroxylation sites is 1. The summed E-state index contributed by atoms with van der Waals surface area (Å²) in [6, 6.07) is 5.53. The summed E-state index contributed by atoms with van der Waals surface area (Å²) >= 11 is 7.72. The van der Waals surface area contributed by atoms with E-state index in [2.05, 4.69) is 15.2 Å². The van der Waals surface area contributed by atoms with Crippen LogP contribution in [-0.2, 0) is 4.74 Å². The largest absolute Gasteiger partial charge is 0.378 e. The predicted octanol–water partition coefficient (Wildman–Crippen LogP) is 3.19. The third-order valence-electron chi connectivity index (χ3n) is 3.41. The molecule has 1 aromatic carbocycles. The molecule has 1 amide bonds. The lowest BCUT2D eigenvalue weighted by Crippen LogP contribution is -2.37. The first-order valence-corrected chi connectivity index (χ1v) is 8.19. The summed E-state index contributed by atoms with van der Waals surface area (Å²) in [7, 11) is 0. The molecule has 5 nitrogen and oxygen atoms in total. The number of nitrogens with one attached hydrogen (secondary N) is 1. The molecule has 3 rings (SSSR count). The van der Waals surface area contributed by atoms with Crippen molar-refractivity contribution in [1.82, 2.24) is 4.98 Å². The molecule has 1 aromatic heterocycles. The molecule has 2 aromatic rings. The number of halogens is 1. The summed E-state index contributed by atoms with van der Waals surface area (Å²) in [5, 5.41) is 4.43. The summed E-state index contributed by atoms with van der Waals surface area (Å²) in [5.74, 6) is -0.164. The van der Waals surface area contributed by atoms with Crippen molar-refractivity contribution in [2.75, 3.05) is 36.5 Å². The van der Waals surface area contributed by atoms with Gasteiger partial charge in [-0.25, -0.2) is 4.98 Å². The van der Waals surface area contributed by atoms with Crippen LogP contribution in [0.15, 0.2) is 24.4 Å². The van der Waals surface area contributed by atoms with Crippen molar-refractivity contribution in [3.8, 4) is 0 Å². The van der Waals surface area contributed by atoms with Gasteiger partial charge in [0.25, 0.3) is 5.91 Å². The highest BCUT2D eigenvalue weighted by molar-refractivity contribution is 7.13. The molecule has 116 valence electrons. The number of thiazole rings is 1. The van der Waals surface area contributed by atoms with E-state index in [0.717, 1.165) is 23.8 Å². The Morgan fingerprint density at radius 1 is 1.41 bits per heavy atom. The first kappa shape index (κ1) is 15.3. The maximum Gasteiger partial charge on any atom is 0.267 e. The lowest BCUT2D eigenvalue weighted by molar-refractivity contribution is 0.103. The first-order chi connectivity index (χ1) is 10.6. The molecule has 0 unspecified atom stereocenters. The first-order valence-electron chi connectivity index (χ1n) is 7.00. The Morgan fingerprint density at radius 2 is 2.18 bits per heavy atom. The van der Waals surface area contributed by atoms with Crippen molar-refractivity contribution >= 4 is 40.2 Å². The fraction of sp³-hybridized carbons (Fsp3) is 0.333. The van der Waals surface area contributed by atoms with E-state index in [1.807, 2.05) is 25.1 Å². The van der Waals surface area contributed by atoms with Gasteiger partial charge in [0.2, 0.25) is 0 Å². The quantitative estimate of drug-likeness (QED) is 0.934. The number of aryl methyl sites for hydroxylation is 1. The van der Waals surface area contributed by atoms with E-state index in [0.29, 0.717) is 28.8 Å². The number of benzene rings is 1. The van der Waals surface area contributed by atoms with Gasteiger partial charge in [0.1, 0.15) is 4.88 Å². The zero-order valence-electron chi connectivity index (χ0n) is 12.1. The second kappa shape index (κ2) is 6.64. The van der Waals surface area contributed by atoms with Gasteiger partial charge in [0.05, 0.1) is 40.8 Å². The van der Waals surface area contributed by atoms with Crippen LogP contribution in [0.25, 0.3) is 0 Å². The number of hydrogen-bond donors (Lipinski definition) is 1. The lowest BCUT2D eigenvalue weighted by Gasteiger charge is -2.31. The molecular formula is C15H16ClN3O2S. The van der Waals surface area contributed by atoms with Crippen molar-refractivity contribution in [1.29, 1.82) is 0 Å². The standard InChI is InChI=1S/C15H16ClN3O2S/c1-10-17-9-13(22-10)15(20)18-12-4-2-3-11(16)14(12)19-5-7-21-8-6-19/h2-4,9H,5-8H2,1H3,(H,18,20). The minimum atomic E-state index is -0.164. The third kappa shape index (κ3) is 3.24. The minimum Gasteiger partial charge on any atom is -0.378 e. The number of anilines is 2. The van der Waals surface area contributed by atoms with Crippen LogP contribution in [0, 0.1) is 6.92 Å². The second-order valence-corrected chi connectivity index (χ2v) is 6.58. The van der Waals surface area contributed by atoms with Gasteiger partial charge in [0, 0.05) is 13.1 Å². The smallest absolute Gasteiger partial charge is 0.267 e. The summed E-state index contributed by atoms with van der Waals surface area (Å²) in [4.78, 5) is 19.2. The zero-order chi connectivity index (χ0) is 15.5. The topological polar surface area (TPSA) is 54.5 Å². The number of ether oxygens (including phenoxy) is 1. The highest BCUT2D eigenvalue weighted by Gasteiger charge is 2.20. The van der Waals surface area contributed by atoms with Gasteiger partial charge in [0.15, 0.2) is 0 Å².